The maximum absolute atomic E-state index is 11.3. The molecule has 3 nitrogen and oxygen atoms in total. The summed E-state index contributed by atoms with van der Waals surface area (Å²) in [5, 5.41) is -0.665. The van der Waals surface area contributed by atoms with Crippen LogP contribution in [-0.4, -0.2) is 16.7 Å². The van der Waals surface area contributed by atoms with E-state index < -0.39 is 12.8 Å². The fourth-order valence-electron chi connectivity index (χ4n) is 0.409. The Labute approximate surface area is 68.3 Å². The van der Waals surface area contributed by atoms with Crippen molar-refractivity contribution in [2.24, 2.45) is 0 Å². The van der Waals surface area contributed by atoms with Gasteiger partial charge in [-0.2, -0.15) is 0 Å². The summed E-state index contributed by atoms with van der Waals surface area (Å²) in [6, 6.07) is 0. The summed E-state index contributed by atoms with van der Waals surface area (Å²) in [6.45, 7) is 7.35. The number of hydrogen-bond acceptors (Lipinski definition) is 2. The van der Waals surface area contributed by atoms with Gasteiger partial charge in [-0.15, -0.1) is 0 Å². The molecule has 0 aromatic rings. The number of hydrogen-bond donors (Lipinski definition) is 1. The lowest BCUT2D eigenvalue weighted by molar-refractivity contribution is 0.242. The molecule has 0 bridgehead atoms. The topological polar surface area (TPSA) is 46.5 Å². The summed E-state index contributed by atoms with van der Waals surface area (Å²) < 4.78 is 16.2. The summed E-state index contributed by atoms with van der Waals surface area (Å²) in [4.78, 5) is 9.32. The molecule has 0 fully saturated rings. The lowest BCUT2D eigenvalue weighted by Gasteiger charge is -2.24. The third-order valence-corrected chi connectivity index (χ3v) is 3.55. The van der Waals surface area contributed by atoms with E-state index in [0.29, 0.717) is 6.61 Å². The van der Waals surface area contributed by atoms with Crippen molar-refractivity contribution in [2.45, 2.75) is 39.3 Å². The van der Waals surface area contributed by atoms with Crippen molar-refractivity contribution < 1.29 is 14.0 Å². The van der Waals surface area contributed by atoms with Gasteiger partial charge in [0, 0.05) is 0 Å². The van der Waals surface area contributed by atoms with Crippen LogP contribution in [0.1, 0.15) is 34.1 Å². The van der Waals surface area contributed by atoms with Gasteiger partial charge in [-0.1, -0.05) is 6.92 Å². The Kier molecular flexibility index (Phi) is 3.75. The molecule has 11 heavy (non-hydrogen) atoms. The molecule has 0 saturated carbocycles. The summed E-state index contributed by atoms with van der Waals surface area (Å²) in [5.41, 5.74) is 0. The van der Waals surface area contributed by atoms with E-state index in [1.54, 1.807) is 20.8 Å². The zero-order valence-corrected chi connectivity index (χ0v) is 8.52. The molecular formula is C7H17O3P. The maximum Gasteiger partial charge on any atom is 0.333 e. The second-order valence-electron chi connectivity index (χ2n) is 3.52. The smallest absolute Gasteiger partial charge is 0.324 e. The zero-order valence-electron chi connectivity index (χ0n) is 7.63. The lowest BCUT2D eigenvalue weighted by atomic mass is 10.3. The highest BCUT2D eigenvalue weighted by Crippen LogP contribution is 2.54. The van der Waals surface area contributed by atoms with E-state index in [9.17, 15) is 9.46 Å². The van der Waals surface area contributed by atoms with Gasteiger partial charge in [0.2, 0.25) is 0 Å². The van der Waals surface area contributed by atoms with E-state index in [1.165, 1.54) is 0 Å². The van der Waals surface area contributed by atoms with Crippen molar-refractivity contribution in [2.75, 3.05) is 6.61 Å². The Morgan fingerprint density at radius 2 is 1.91 bits per heavy atom. The highest BCUT2D eigenvalue weighted by Gasteiger charge is 2.35. The SMILES string of the molecule is CCCOP(=O)(O)C(C)(C)C. The third kappa shape index (κ3) is 3.37. The van der Waals surface area contributed by atoms with Crippen LogP contribution in [0.3, 0.4) is 0 Å². The molecule has 0 radical (unpaired) electrons. The predicted octanol–water partition coefficient (Wildman–Crippen LogP) is 2.40. The lowest BCUT2D eigenvalue weighted by Crippen LogP contribution is -2.16. The molecule has 0 aliphatic heterocycles. The first-order valence-electron chi connectivity index (χ1n) is 3.78. The molecular weight excluding hydrogens is 163 g/mol. The largest absolute Gasteiger partial charge is 0.333 e. The van der Waals surface area contributed by atoms with Crippen LogP contribution in [0.4, 0.5) is 0 Å². The first kappa shape index (κ1) is 11.2. The van der Waals surface area contributed by atoms with E-state index in [1.807, 2.05) is 6.92 Å². The van der Waals surface area contributed by atoms with Gasteiger partial charge in [-0.25, -0.2) is 0 Å². The van der Waals surface area contributed by atoms with Crippen LogP contribution in [0.25, 0.3) is 0 Å². The second-order valence-corrected chi connectivity index (χ2v) is 6.17. The maximum atomic E-state index is 11.3. The average molecular weight is 180 g/mol. The Morgan fingerprint density at radius 1 is 1.45 bits per heavy atom. The van der Waals surface area contributed by atoms with Crippen LogP contribution >= 0.6 is 7.60 Å². The molecule has 0 aromatic heterocycles. The molecule has 1 atom stereocenters. The van der Waals surface area contributed by atoms with Crippen molar-refractivity contribution in [1.29, 1.82) is 0 Å². The molecule has 0 aliphatic carbocycles. The van der Waals surface area contributed by atoms with E-state index in [0.717, 1.165) is 6.42 Å². The molecule has 0 rings (SSSR count). The van der Waals surface area contributed by atoms with Gasteiger partial charge in [0.1, 0.15) is 0 Å². The highest BCUT2D eigenvalue weighted by molar-refractivity contribution is 7.54. The predicted molar refractivity (Wildman–Crippen MR) is 45.8 cm³/mol. The van der Waals surface area contributed by atoms with Crippen LogP contribution in [0.15, 0.2) is 0 Å². The van der Waals surface area contributed by atoms with E-state index in [4.69, 9.17) is 4.52 Å². The van der Waals surface area contributed by atoms with E-state index >= 15 is 0 Å². The minimum atomic E-state index is -3.39. The van der Waals surface area contributed by atoms with Crippen LogP contribution in [0.2, 0.25) is 0 Å². The molecule has 0 heterocycles. The normalized spacial score (nSPS) is 17.9. The van der Waals surface area contributed by atoms with Gasteiger partial charge in [-0.3, -0.25) is 4.57 Å². The van der Waals surface area contributed by atoms with Crippen LogP contribution < -0.4 is 0 Å². The highest BCUT2D eigenvalue weighted by atomic mass is 31.2. The molecule has 0 spiro atoms. The van der Waals surface area contributed by atoms with Crippen molar-refractivity contribution in [3.63, 3.8) is 0 Å². The van der Waals surface area contributed by atoms with Crippen molar-refractivity contribution in [1.82, 2.24) is 0 Å². The monoisotopic (exact) mass is 180 g/mol. The first-order valence-corrected chi connectivity index (χ1v) is 5.36. The minimum absolute atomic E-state index is 0.352. The van der Waals surface area contributed by atoms with Gasteiger partial charge in [0.15, 0.2) is 0 Å². The summed E-state index contributed by atoms with van der Waals surface area (Å²) in [5.74, 6) is 0. The second kappa shape index (κ2) is 3.70. The molecule has 0 amide bonds. The van der Waals surface area contributed by atoms with Crippen molar-refractivity contribution >= 4 is 7.60 Å². The van der Waals surface area contributed by atoms with Gasteiger partial charge in [0.25, 0.3) is 0 Å². The first-order chi connectivity index (χ1) is 4.81. The Hall–Kier alpha value is 0.150. The molecule has 1 N–H and O–H groups in total. The van der Waals surface area contributed by atoms with Gasteiger partial charge in [0.05, 0.1) is 11.8 Å². The number of rotatable bonds is 3. The fraction of sp³-hybridized carbons (Fsp3) is 1.00. The standard InChI is InChI=1S/C7H17O3P/c1-5-6-10-11(8,9)7(2,3)4/h5-6H2,1-4H3,(H,8,9). The van der Waals surface area contributed by atoms with Crippen molar-refractivity contribution in [3.05, 3.63) is 0 Å². The van der Waals surface area contributed by atoms with Gasteiger partial charge in [-0.05, 0) is 27.2 Å². The van der Waals surface area contributed by atoms with Crippen LogP contribution in [0, 0.1) is 0 Å². The van der Waals surface area contributed by atoms with E-state index in [-0.39, 0.29) is 0 Å². The third-order valence-electron chi connectivity index (χ3n) is 1.32. The van der Waals surface area contributed by atoms with Crippen LogP contribution in [0.5, 0.6) is 0 Å². The summed E-state index contributed by atoms with van der Waals surface area (Å²) >= 11 is 0. The quantitative estimate of drug-likeness (QED) is 0.678. The Bertz CT molecular complexity index is 160. The molecule has 4 heteroatoms. The zero-order chi connectivity index (χ0) is 9.12. The molecule has 68 valence electrons. The van der Waals surface area contributed by atoms with E-state index in [2.05, 4.69) is 0 Å². The summed E-state index contributed by atoms with van der Waals surface area (Å²) in [6.07, 6.45) is 0.765. The van der Waals surface area contributed by atoms with Crippen LogP contribution in [-0.2, 0) is 9.09 Å². The van der Waals surface area contributed by atoms with Gasteiger partial charge >= 0.3 is 7.60 Å². The van der Waals surface area contributed by atoms with Crippen molar-refractivity contribution in [3.8, 4) is 0 Å². The molecule has 0 aromatic carbocycles. The Morgan fingerprint density at radius 3 is 2.18 bits per heavy atom. The minimum Gasteiger partial charge on any atom is -0.324 e. The molecule has 0 aliphatic rings. The summed E-state index contributed by atoms with van der Waals surface area (Å²) in [7, 11) is -3.39. The Balaban J connectivity index is 4.12. The fourth-order valence-corrected chi connectivity index (χ4v) is 1.23. The van der Waals surface area contributed by atoms with Gasteiger partial charge < -0.3 is 9.42 Å². The molecule has 0 saturated heterocycles. The molecule has 1 unspecified atom stereocenters. The average Bonchev–Trinajstić information content (AvgIpc) is 1.81.